The van der Waals surface area contributed by atoms with Crippen molar-refractivity contribution in [3.8, 4) is 0 Å². The SMILES string of the molecule is Nc1ccccc1NC(=O)NC(C(=O)O)c1ccccc1. The zero-order valence-corrected chi connectivity index (χ0v) is 11.1. The highest BCUT2D eigenvalue weighted by Crippen LogP contribution is 2.17. The number of aliphatic carboxylic acids is 1. The fourth-order valence-corrected chi connectivity index (χ4v) is 1.83. The number of carboxylic acids is 1. The summed E-state index contributed by atoms with van der Waals surface area (Å²) >= 11 is 0. The third-order valence-corrected chi connectivity index (χ3v) is 2.86. The molecule has 0 heterocycles. The summed E-state index contributed by atoms with van der Waals surface area (Å²) in [5, 5.41) is 14.2. The molecule has 0 radical (unpaired) electrons. The molecule has 2 aromatic rings. The van der Waals surface area contributed by atoms with E-state index in [1.54, 1.807) is 54.6 Å². The van der Waals surface area contributed by atoms with Crippen LogP contribution >= 0.6 is 0 Å². The van der Waals surface area contributed by atoms with Crippen LogP contribution in [0.2, 0.25) is 0 Å². The molecule has 5 N–H and O–H groups in total. The number of carbonyl (C=O) groups is 2. The Bertz CT molecular complexity index is 644. The topological polar surface area (TPSA) is 104 Å². The molecule has 0 saturated heterocycles. The van der Waals surface area contributed by atoms with Gasteiger partial charge in [-0.3, -0.25) is 0 Å². The molecule has 0 spiro atoms. The van der Waals surface area contributed by atoms with E-state index in [-0.39, 0.29) is 0 Å². The summed E-state index contributed by atoms with van der Waals surface area (Å²) in [5.41, 5.74) is 7.02. The van der Waals surface area contributed by atoms with Crippen LogP contribution in [-0.4, -0.2) is 17.1 Å². The Morgan fingerprint density at radius 1 is 1.00 bits per heavy atom. The van der Waals surface area contributed by atoms with Crippen molar-refractivity contribution in [1.82, 2.24) is 5.32 Å². The highest BCUT2D eigenvalue weighted by atomic mass is 16.4. The highest BCUT2D eigenvalue weighted by Gasteiger charge is 2.21. The Balaban J connectivity index is 2.10. The van der Waals surface area contributed by atoms with E-state index >= 15 is 0 Å². The van der Waals surface area contributed by atoms with Gasteiger partial charge in [0.25, 0.3) is 0 Å². The number of nitrogen functional groups attached to an aromatic ring is 1. The molecule has 1 unspecified atom stereocenters. The number of carbonyl (C=O) groups excluding carboxylic acids is 1. The lowest BCUT2D eigenvalue weighted by atomic mass is 10.1. The van der Waals surface area contributed by atoms with Crippen molar-refractivity contribution in [2.75, 3.05) is 11.1 Å². The van der Waals surface area contributed by atoms with Crippen molar-refractivity contribution in [1.29, 1.82) is 0 Å². The van der Waals surface area contributed by atoms with Crippen molar-refractivity contribution >= 4 is 23.4 Å². The van der Waals surface area contributed by atoms with Crippen LogP contribution in [-0.2, 0) is 4.79 Å². The Morgan fingerprint density at radius 2 is 1.62 bits per heavy atom. The molecule has 6 heteroatoms. The maximum atomic E-state index is 11.9. The number of nitrogens with two attached hydrogens (primary N) is 1. The second-order valence-corrected chi connectivity index (χ2v) is 4.37. The molecule has 0 aliphatic carbocycles. The zero-order valence-electron chi connectivity index (χ0n) is 11.1. The van der Waals surface area contributed by atoms with Crippen LogP contribution in [0.1, 0.15) is 11.6 Å². The number of carboxylic acid groups (broad SMARTS) is 1. The number of amides is 2. The minimum absolute atomic E-state index is 0.402. The second kappa shape index (κ2) is 6.42. The van der Waals surface area contributed by atoms with Crippen molar-refractivity contribution in [3.63, 3.8) is 0 Å². The third-order valence-electron chi connectivity index (χ3n) is 2.86. The van der Waals surface area contributed by atoms with Gasteiger partial charge >= 0.3 is 12.0 Å². The van der Waals surface area contributed by atoms with Gasteiger partial charge in [0, 0.05) is 0 Å². The number of urea groups is 1. The van der Waals surface area contributed by atoms with Crippen LogP contribution < -0.4 is 16.4 Å². The molecule has 6 nitrogen and oxygen atoms in total. The summed E-state index contributed by atoms with van der Waals surface area (Å²) in [7, 11) is 0. The van der Waals surface area contributed by atoms with Crippen molar-refractivity contribution < 1.29 is 14.7 Å². The van der Waals surface area contributed by atoms with Crippen molar-refractivity contribution in [2.45, 2.75) is 6.04 Å². The molecule has 1 atom stereocenters. The molecule has 0 aliphatic heterocycles. The summed E-state index contributed by atoms with van der Waals surface area (Å²) in [4.78, 5) is 23.2. The smallest absolute Gasteiger partial charge is 0.330 e. The average Bonchev–Trinajstić information content (AvgIpc) is 2.48. The maximum absolute atomic E-state index is 11.9. The fourth-order valence-electron chi connectivity index (χ4n) is 1.83. The maximum Gasteiger partial charge on any atom is 0.330 e. The predicted octanol–water partition coefficient (Wildman–Crippen LogP) is 2.22. The van der Waals surface area contributed by atoms with Gasteiger partial charge in [0.05, 0.1) is 11.4 Å². The number of hydrogen-bond acceptors (Lipinski definition) is 3. The molecule has 0 bridgehead atoms. The van der Waals surface area contributed by atoms with E-state index in [0.717, 1.165) is 0 Å². The van der Waals surface area contributed by atoms with Crippen LogP contribution in [0, 0.1) is 0 Å². The first-order chi connectivity index (χ1) is 10.1. The molecule has 2 rings (SSSR count). The van der Waals surface area contributed by atoms with Gasteiger partial charge in [-0.1, -0.05) is 42.5 Å². The number of para-hydroxylation sites is 2. The Labute approximate surface area is 121 Å². The molecule has 21 heavy (non-hydrogen) atoms. The van der Waals surface area contributed by atoms with E-state index in [9.17, 15) is 14.7 Å². The quantitative estimate of drug-likeness (QED) is 0.646. The first-order valence-corrected chi connectivity index (χ1v) is 6.27. The van der Waals surface area contributed by atoms with Crippen molar-refractivity contribution in [2.24, 2.45) is 0 Å². The highest BCUT2D eigenvalue weighted by molar-refractivity contribution is 5.95. The lowest BCUT2D eigenvalue weighted by molar-refractivity contribution is -0.139. The molecular formula is C15H15N3O3. The average molecular weight is 285 g/mol. The minimum atomic E-state index is -1.14. The molecular weight excluding hydrogens is 270 g/mol. The Morgan fingerprint density at radius 3 is 2.24 bits per heavy atom. The van der Waals surface area contributed by atoms with Gasteiger partial charge in [0.2, 0.25) is 0 Å². The molecule has 0 fully saturated rings. The van der Waals surface area contributed by atoms with Crippen molar-refractivity contribution in [3.05, 3.63) is 60.2 Å². The second-order valence-electron chi connectivity index (χ2n) is 4.37. The monoisotopic (exact) mass is 285 g/mol. The Kier molecular flexibility index (Phi) is 4.40. The standard InChI is InChI=1S/C15H15N3O3/c16-11-8-4-5-9-12(11)17-15(21)18-13(14(19)20)10-6-2-1-3-7-10/h1-9,13H,16H2,(H,19,20)(H2,17,18,21). The largest absolute Gasteiger partial charge is 0.479 e. The first-order valence-electron chi connectivity index (χ1n) is 6.27. The zero-order chi connectivity index (χ0) is 15.2. The van der Waals surface area contributed by atoms with E-state index in [1.807, 2.05) is 0 Å². The molecule has 2 aromatic carbocycles. The summed E-state index contributed by atoms with van der Waals surface area (Å²) in [5.74, 6) is -1.14. The fraction of sp³-hybridized carbons (Fsp3) is 0.0667. The van der Waals surface area contributed by atoms with Crippen LogP contribution in [0.15, 0.2) is 54.6 Å². The van der Waals surface area contributed by atoms with E-state index in [0.29, 0.717) is 16.9 Å². The van der Waals surface area contributed by atoms with Crippen LogP contribution in [0.5, 0.6) is 0 Å². The first kappa shape index (κ1) is 14.4. The third kappa shape index (κ3) is 3.73. The lowest BCUT2D eigenvalue weighted by Gasteiger charge is -2.16. The number of anilines is 2. The summed E-state index contributed by atoms with van der Waals surface area (Å²) in [6.45, 7) is 0. The normalized spacial score (nSPS) is 11.4. The minimum Gasteiger partial charge on any atom is -0.479 e. The predicted molar refractivity (Wildman–Crippen MR) is 79.8 cm³/mol. The Hall–Kier alpha value is -3.02. The van der Waals surface area contributed by atoms with Crippen LogP contribution in [0.4, 0.5) is 16.2 Å². The van der Waals surface area contributed by atoms with Gasteiger partial charge in [-0.25, -0.2) is 9.59 Å². The van der Waals surface area contributed by atoms with Crippen LogP contribution in [0.25, 0.3) is 0 Å². The van der Waals surface area contributed by atoms with E-state index < -0.39 is 18.0 Å². The van der Waals surface area contributed by atoms with Gasteiger partial charge in [-0.15, -0.1) is 0 Å². The van der Waals surface area contributed by atoms with Gasteiger partial charge < -0.3 is 21.5 Å². The van der Waals surface area contributed by atoms with Gasteiger partial charge in [0.1, 0.15) is 0 Å². The van der Waals surface area contributed by atoms with E-state index in [2.05, 4.69) is 10.6 Å². The molecule has 108 valence electrons. The number of hydrogen-bond donors (Lipinski definition) is 4. The molecule has 0 aromatic heterocycles. The summed E-state index contributed by atoms with van der Waals surface area (Å²) in [6, 6.07) is 13.4. The van der Waals surface area contributed by atoms with E-state index in [4.69, 9.17) is 5.73 Å². The summed E-state index contributed by atoms with van der Waals surface area (Å²) < 4.78 is 0. The molecule has 2 amide bonds. The molecule has 0 aliphatic rings. The number of rotatable bonds is 4. The van der Waals surface area contributed by atoms with Gasteiger partial charge in [-0.05, 0) is 17.7 Å². The number of nitrogens with one attached hydrogen (secondary N) is 2. The van der Waals surface area contributed by atoms with Gasteiger partial charge in [0.15, 0.2) is 6.04 Å². The number of benzene rings is 2. The lowest BCUT2D eigenvalue weighted by Crippen LogP contribution is -2.36. The summed E-state index contributed by atoms with van der Waals surface area (Å²) in [6.07, 6.45) is 0. The van der Waals surface area contributed by atoms with E-state index in [1.165, 1.54) is 0 Å². The van der Waals surface area contributed by atoms with Gasteiger partial charge in [-0.2, -0.15) is 0 Å². The molecule has 0 saturated carbocycles. The van der Waals surface area contributed by atoms with Crippen LogP contribution in [0.3, 0.4) is 0 Å².